The van der Waals surface area contributed by atoms with Crippen molar-refractivity contribution in [2.45, 2.75) is 112 Å². The zero-order chi connectivity index (χ0) is 104. The van der Waals surface area contributed by atoms with Crippen molar-refractivity contribution < 1.29 is 69.7 Å². The molecule has 6 amide bonds. The Kier molecular flexibility index (Phi) is 32.2. The lowest BCUT2D eigenvalue weighted by atomic mass is 9.89. The number of thioether (sulfide) groups is 1. The zero-order valence-electron chi connectivity index (χ0n) is 84.7. The van der Waals surface area contributed by atoms with Crippen molar-refractivity contribution in [3.05, 3.63) is 223 Å². The van der Waals surface area contributed by atoms with Crippen LogP contribution in [0, 0.1) is 5.82 Å². The van der Waals surface area contributed by atoms with Gasteiger partial charge in [0.2, 0.25) is 35.4 Å². The first kappa shape index (κ1) is 104. The number of rotatable bonds is 32. The van der Waals surface area contributed by atoms with Crippen LogP contribution in [-0.4, -0.2) is 313 Å². The maximum Gasteiger partial charge on any atom is 0.315 e. The van der Waals surface area contributed by atoms with E-state index in [0.717, 1.165) is 110 Å². The molecule has 7 aliphatic rings. The van der Waals surface area contributed by atoms with Crippen molar-refractivity contribution in [2.24, 2.45) is 0 Å². The maximum absolute atomic E-state index is 13.8. The van der Waals surface area contributed by atoms with Gasteiger partial charge in [0.15, 0.2) is 22.8 Å². The molecule has 0 saturated carbocycles. The molecule has 150 heavy (non-hydrogen) atoms. The summed E-state index contributed by atoms with van der Waals surface area (Å²) in [6.45, 7) is 14.4. The number of piperidine rings is 3. The Morgan fingerprint density at radius 3 is 1.39 bits per heavy atom. The number of benzene rings is 8. The van der Waals surface area contributed by atoms with Gasteiger partial charge >= 0.3 is 12.0 Å². The van der Waals surface area contributed by atoms with Gasteiger partial charge in [-0.25, -0.2) is 23.1 Å². The van der Waals surface area contributed by atoms with Crippen LogP contribution >= 0.6 is 11.8 Å². The van der Waals surface area contributed by atoms with E-state index in [2.05, 4.69) is 135 Å². The zero-order valence-corrected chi connectivity index (χ0v) is 85.5. The van der Waals surface area contributed by atoms with Gasteiger partial charge in [-0.15, -0.1) is 22.0 Å². The summed E-state index contributed by atoms with van der Waals surface area (Å²) in [4.78, 5) is 104. The minimum atomic E-state index is -2.66. The Morgan fingerprint density at radius 1 is 0.467 bits per heavy atom. The monoisotopic (exact) mass is 2060 g/mol. The number of hydrogen-bond donors (Lipinski definition) is 8. The predicted octanol–water partition coefficient (Wildman–Crippen LogP) is 15.8. The molecule has 0 bridgehead atoms. The van der Waals surface area contributed by atoms with Gasteiger partial charge in [-0.3, -0.25) is 58.8 Å². The van der Waals surface area contributed by atoms with E-state index < -0.39 is 21.9 Å². The highest BCUT2D eigenvalue weighted by atomic mass is 32.2. The summed E-state index contributed by atoms with van der Waals surface area (Å²) < 4.78 is 74.1. The lowest BCUT2D eigenvalue weighted by molar-refractivity contribution is -0.138. The summed E-state index contributed by atoms with van der Waals surface area (Å²) >= 11 is 1.53. The third-order valence-electron chi connectivity index (χ3n) is 29.6. The molecule has 6 fully saturated rings. The van der Waals surface area contributed by atoms with Crippen molar-refractivity contribution >= 4 is 120 Å². The van der Waals surface area contributed by atoms with E-state index in [-0.39, 0.29) is 86.8 Å². The summed E-state index contributed by atoms with van der Waals surface area (Å²) in [5.74, 6) is 0.381. The fourth-order valence-corrected chi connectivity index (χ4v) is 21.6. The number of carbonyl (C=O) groups excluding carboxylic acids is 6. The summed E-state index contributed by atoms with van der Waals surface area (Å²) in [6, 6.07) is 57.9. The molecule has 6 saturated heterocycles. The molecule has 6 aromatic heterocycles. The molecule has 14 aromatic rings. The van der Waals surface area contributed by atoms with Crippen LogP contribution in [0.3, 0.4) is 0 Å². The third kappa shape index (κ3) is 23.9. The Morgan fingerprint density at radius 2 is 0.913 bits per heavy atom. The molecular weight excluding hydrogens is 1940 g/mol. The molecule has 7 aliphatic heterocycles. The lowest BCUT2D eigenvalue weighted by Gasteiger charge is -2.33. The average molecular weight is 2060 g/mol. The van der Waals surface area contributed by atoms with Crippen LogP contribution in [0.15, 0.2) is 209 Å². The lowest BCUT2D eigenvalue weighted by Crippen LogP contribution is -2.48. The molecular formula is C110H123F3N24O12S. The van der Waals surface area contributed by atoms with Crippen molar-refractivity contribution in [1.82, 2.24) is 90.4 Å². The number of nitrogens with one attached hydrogen (secondary N) is 8. The van der Waals surface area contributed by atoms with Crippen molar-refractivity contribution in [2.75, 3.05) is 197 Å². The van der Waals surface area contributed by atoms with Crippen molar-refractivity contribution in [3.63, 3.8) is 0 Å². The SMILES string of the molecule is CCNc1nnc(-c2ccc(C3CCN(C(=O)CN4CC[C@@](OC)(C(=O)Nc5ccc6[nH]nc(-c7ccc(OCCOC)cc7)c6c5)C4)CC3)cc2)o1.CCNc1nnc(-c2ccc(C3CCN(C(=O)CN4CC[C@@](SC)(C(=O)Nc5ccc6[nH]nc(-c7ccc(F)cc7)c6c5)C4)CC3)cc2)o1.CO[C@@]1(C(=O)Nc2ccc3[nH]nc(N4CCC(F)(F)CC4)c3c2)CCN(CC(=O)N2CC=C(c3ccc(-c4ncccn4)cc3)CC2)C1. The van der Waals surface area contributed by atoms with E-state index in [1.54, 1.807) is 50.9 Å². The topological polar surface area (TPSA) is 412 Å². The number of anilines is 6. The van der Waals surface area contributed by atoms with Crippen LogP contribution in [0.2, 0.25) is 0 Å². The smallest absolute Gasteiger partial charge is 0.315 e. The minimum absolute atomic E-state index is 0.0163. The van der Waals surface area contributed by atoms with E-state index in [4.69, 9.17) is 27.8 Å². The van der Waals surface area contributed by atoms with Gasteiger partial charge in [-0.1, -0.05) is 64.8 Å². The van der Waals surface area contributed by atoms with E-state index in [1.165, 1.54) is 47.7 Å². The van der Waals surface area contributed by atoms with Gasteiger partial charge in [0.1, 0.15) is 22.9 Å². The molecule has 0 aliphatic carbocycles. The number of ether oxygens (including phenoxy) is 4. The van der Waals surface area contributed by atoms with E-state index in [1.807, 2.05) is 159 Å². The highest BCUT2D eigenvalue weighted by Crippen LogP contribution is 2.42. The van der Waals surface area contributed by atoms with Crippen molar-refractivity contribution in [1.29, 1.82) is 0 Å². The molecule has 36 nitrogen and oxygen atoms in total. The Hall–Kier alpha value is -14.8. The Bertz CT molecular complexity index is 7090. The predicted molar refractivity (Wildman–Crippen MR) is 569 cm³/mol. The van der Waals surface area contributed by atoms with Crippen LogP contribution < -0.4 is 36.2 Å². The summed E-state index contributed by atoms with van der Waals surface area (Å²) in [5.41, 5.74) is 12.8. The van der Waals surface area contributed by atoms with Crippen LogP contribution in [0.5, 0.6) is 5.75 Å². The van der Waals surface area contributed by atoms with Gasteiger partial charge in [-0.05, 0) is 239 Å². The summed E-state index contributed by atoms with van der Waals surface area (Å²) in [6.07, 6.45) is 13.0. The number of alkyl halides is 2. The molecule has 21 rings (SSSR count). The molecule has 8 N–H and O–H groups in total. The number of methoxy groups -OCH3 is 3. The molecule has 0 spiro atoms. The van der Waals surface area contributed by atoms with Crippen LogP contribution in [0.4, 0.5) is 48.1 Å². The van der Waals surface area contributed by atoms with E-state index >= 15 is 0 Å². The maximum atomic E-state index is 13.8. The van der Waals surface area contributed by atoms with Gasteiger partial charge in [0.25, 0.3) is 17.7 Å². The first-order valence-corrected chi connectivity index (χ1v) is 52.2. The van der Waals surface area contributed by atoms with Gasteiger partial charge in [0, 0.05) is 212 Å². The Labute approximate surface area is 869 Å². The quantitative estimate of drug-likeness (QED) is 0.0182. The molecule has 0 unspecified atom stereocenters. The number of likely N-dealkylation sites (tertiary alicyclic amines) is 5. The van der Waals surface area contributed by atoms with Gasteiger partial charge < -0.3 is 74.0 Å². The number of carbonyl (C=O) groups is 6. The molecule has 3 atom stereocenters. The normalized spacial score (nSPS) is 19.3. The average Bonchev–Trinajstić information content (AvgIpc) is 1.67. The second kappa shape index (κ2) is 46.5. The molecule has 13 heterocycles. The third-order valence-corrected chi connectivity index (χ3v) is 30.9. The number of amides is 6. The highest BCUT2D eigenvalue weighted by molar-refractivity contribution is 8.00. The van der Waals surface area contributed by atoms with Gasteiger partial charge in [0.05, 0.1) is 54.2 Å². The number of aromatic amines is 3. The second-order valence-electron chi connectivity index (χ2n) is 38.9. The number of fused-ring (bicyclic) bond motifs is 3. The first-order chi connectivity index (χ1) is 72.9. The number of halogens is 3. The fourth-order valence-electron chi connectivity index (χ4n) is 20.8. The Balaban J connectivity index is 0.000000141. The minimum Gasteiger partial charge on any atom is -0.491 e. The number of aromatic nitrogens is 12. The van der Waals surface area contributed by atoms with Crippen molar-refractivity contribution in [3.8, 4) is 62.6 Å². The summed E-state index contributed by atoms with van der Waals surface area (Å²) in [7, 11) is 4.72. The standard InChI is InChI=1S/C39H46N8O6.C36H39FN8O3S.C35H38F2N8O3/c1-4-40-38-45-44-36(53-38)29-7-5-26(6-8-29)27-15-18-47(19-16-27)34(48)24-46-20-17-39(25-46,51-3)37(49)41-30-11-14-33-32(23-30)35(43-42-33)28-9-12-31(13-10-28)52-22-21-50-2;1-3-38-35-43-42-33(48-35)26-6-4-23(5-7-26)24-14-17-45(18-15-24)31(46)21-44-19-16-36(22-44,49-2)34(47)39-28-12-13-30-29(20-28)32(41-40-30)25-8-10-27(37)11-9-25;1-48-34(33(47)40-27-7-8-29-28(21-27)32(42-41-29)45-19-12-35(36,37)13-20-45)11-18-43(23-34)22-30(46)44-16-9-25(10-17-44)24-3-5-26(6-4-24)31-38-14-2-15-39-31/h5-14,23,27H,4,15-22,24-25H2,1-3H3,(H,40,45)(H,41,49)(H,42,43);4-13,20,24H,3,14-19,21-22H2,1-2H3,(H,38,43)(H,39,47)(H,40,41);2-9,14-15,21H,10-13,16-20,22-23H2,1H3,(H,40,47)(H,41,42)/t39-;36-;34-/m000/s1. The number of hydrogen-bond acceptors (Lipinski definition) is 28. The number of H-pyrrole nitrogens is 3. The van der Waals surface area contributed by atoms with Crippen LogP contribution in [-0.2, 0) is 43.0 Å². The second-order valence-corrected chi connectivity index (χ2v) is 40.1. The molecule has 40 heteroatoms. The first-order valence-electron chi connectivity index (χ1n) is 51.0. The highest BCUT2D eigenvalue weighted by Gasteiger charge is 2.49. The molecule has 8 aromatic carbocycles. The van der Waals surface area contributed by atoms with E-state index in [0.29, 0.717) is 194 Å². The molecule has 782 valence electrons. The number of nitrogens with zero attached hydrogens (tertiary/aromatic N) is 16. The van der Waals surface area contributed by atoms with Crippen LogP contribution in [0.1, 0.15) is 107 Å². The van der Waals surface area contributed by atoms with Gasteiger partial charge in [-0.2, -0.15) is 15.3 Å². The van der Waals surface area contributed by atoms with E-state index in [9.17, 15) is 41.9 Å². The fraction of sp³-hybridized carbons (Fsp3) is 0.391. The molecule has 0 radical (unpaired) electrons. The van der Waals surface area contributed by atoms with Crippen LogP contribution in [0.25, 0.3) is 95.1 Å². The largest absolute Gasteiger partial charge is 0.491 e. The summed E-state index contributed by atoms with van der Waals surface area (Å²) in [5, 5.41) is 56.4.